The standard InChI is InChI=1S/C20H28N4O2/c1-15(2)26-17-8-10-24(11-9-17)20-12-19(22-14-23-20)21-13-18(25)16-6-4-3-5-7-16/h3-7,12,14-15,17-18,25H,8-11,13H2,1-2H3,(H,21,22,23). The van der Waals surface area contributed by atoms with Gasteiger partial charge in [-0.3, -0.25) is 0 Å². The lowest BCUT2D eigenvalue weighted by atomic mass is 10.1. The predicted molar refractivity (Wildman–Crippen MR) is 103 cm³/mol. The van der Waals surface area contributed by atoms with Crippen LogP contribution in [-0.4, -0.2) is 46.9 Å². The highest BCUT2D eigenvalue weighted by Gasteiger charge is 2.21. The van der Waals surface area contributed by atoms with Gasteiger partial charge in [-0.25, -0.2) is 9.97 Å². The zero-order valence-electron chi connectivity index (χ0n) is 15.5. The molecule has 0 spiro atoms. The van der Waals surface area contributed by atoms with Gasteiger partial charge >= 0.3 is 0 Å². The van der Waals surface area contributed by atoms with Crippen molar-refractivity contribution in [3.05, 3.63) is 48.3 Å². The summed E-state index contributed by atoms with van der Waals surface area (Å²) in [6, 6.07) is 11.6. The Bertz CT molecular complexity index is 673. The van der Waals surface area contributed by atoms with Gasteiger partial charge in [-0.15, -0.1) is 0 Å². The Morgan fingerprint density at radius 1 is 1.19 bits per heavy atom. The Balaban J connectivity index is 1.54. The summed E-state index contributed by atoms with van der Waals surface area (Å²) in [5.41, 5.74) is 0.890. The maximum Gasteiger partial charge on any atom is 0.134 e. The van der Waals surface area contributed by atoms with Gasteiger partial charge in [0.1, 0.15) is 18.0 Å². The number of aliphatic hydroxyl groups is 1. The van der Waals surface area contributed by atoms with E-state index in [1.165, 1.54) is 0 Å². The van der Waals surface area contributed by atoms with Crippen molar-refractivity contribution < 1.29 is 9.84 Å². The molecule has 0 radical (unpaired) electrons. The quantitative estimate of drug-likeness (QED) is 0.795. The second kappa shape index (κ2) is 8.96. The molecule has 0 saturated carbocycles. The summed E-state index contributed by atoms with van der Waals surface area (Å²) < 4.78 is 5.91. The fourth-order valence-corrected chi connectivity index (χ4v) is 3.22. The van der Waals surface area contributed by atoms with Crippen molar-refractivity contribution in [2.75, 3.05) is 29.9 Å². The molecule has 1 aromatic heterocycles. The van der Waals surface area contributed by atoms with Crippen LogP contribution in [0.4, 0.5) is 11.6 Å². The van der Waals surface area contributed by atoms with E-state index in [-0.39, 0.29) is 6.10 Å². The molecule has 2 heterocycles. The molecule has 1 aliphatic heterocycles. The van der Waals surface area contributed by atoms with Crippen LogP contribution in [0.1, 0.15) is 38.4 Å². The molecule has 0 bridgehead atoms. The first-order chi connectivity index (χ1) is 12.6. The van der Waals surface area contributed by atoms with Crippen molar-refractivity contribution in [3.8, 4) is 0 Å². The van der Waals surface area contributed by atoms with Gasteiger partial charge in [0, 0.05) is 25.7 Å². The van der Waals surface area contributed by atoms with E-state index in [4.69, 9.17) is 4.74 Å². The third-order valence-electron chi connectivity index (χ3n) is 4.54. The zero-order chi connectivity index (χ0) is 18.4. The summed E-state index contributed by atoms with van der Waals surface area (Å²) in [6.07, 6.45) is 3.64. The molecule has 2 N–H and O–H groups in total. The van der Waals surface area contributed by atoms with E-state index in [0.717, 1.165) is 43.1 Å². The average Bonchev–Trinajstić information content (AvgIpc) is 2.67. The number of nitrogens with zero attached hydrogens (tertiary/aromatic N) is 3. The second-order valence-corrected chi connectivity index (χ2v) is 6.94. The minimum absolute atomic E-state index is 0.275. The lowest BCUT2D eigenvalue weighted by Crippen LogP contribution is -2.38. The van der Waals surface area contributed by atoms with Crippen molar-refractivity contribution in [1.29, 1.82) is 0 Å². The molecule has 2 aromatic rings. The molecule has 140 valence electrons. The minimum Gasteiger partial charge on any atom is -0.387 e. The van der Waals surface area contributed by atoms with Crippen LogP contribution in [0, 0.1) is 0 Å². The van der Waals surface area contributed by atoms with Gasteiger partial charge in [-0.1, -0.05) is 30.3 Å². The molecule has 1 fully saturated rings. The Morgan fingerprint density at radius 2 is 1.92 bits per heavy atom. The van der Waals surface area contributed by atoms with Crippen LogP contribution in [-0.2, 0) is 4.74 Å². The van der Waals surface area contributed by atoms with E-state index < -0.39 is 6.10 Å². The lowest BCUT2D eigenvalue weighted by Gasteiger charge is -2.33. The van der Waals surface area contributed by atoms with Crippen molar-refractivity contribution in [2.24, 2.45) is 0 Å². The van der Waals surface area contributed by atoms with E-state index in [0.29, 0.717) is 12.6 Å². The van der Waals surface area contributed by atoms with Crippen LogP contribution in [0.5, 0.6) is 0 Å². The fourth-order valence-electron chi connectivity index (χ4n) is 3.22. The van der Waals surface area contributed by atoms with Crippen molar-refractivity contribution in [3.63, 3.8) is 0 Å². The van der Waals surface area contributed by atoms with Crippen LogP contribution >= 0.6 is 0 Å². The largest absolute Gasteiger partial charge is 0.387 e. The number of nitrogens with one attached hydrogen (secondary N) is 1. The van der Waals surface area contributed by atoms with Crippen molar-refractivity contribution in [1.82, 2.24) is 9.97 Å². The molecule has 1 aromatic carbocycles. The monoisotopic (exact) mass is 356 g/mol. The highest BCUT2D eigenvalue weighted by molar-refractivity contribution is 5.48. The molecular weight excluding hydrogens is 328 g/mol. The number of aromatic nitrogens is 2. The first-order valence-electron chi connectivity index (χ1n) is 9.31. The maximum atomic E-state index is 10.3. The zero-order valence-corrected chi connectivity index (χ0v) is 15.5. The number of hydrogen-bond donors (Lipinski definition) is 2. The second-order valence-electron chi connectivity index (χ2n) is 6.94. The SMILES string of the molecule is CC(C)OC1CCN(c2cc(NCC(O)c3ccccc3)ncn2)CC1. The van der Waals surface area contributed by atoms with Crippen LogP contribution in [0.3, 0.4) is 0 Å². The number of ether oxygens (including phenoxy) is 1. The molecule has 6 heteroatoms. The summed E-state index contributed by atoms with van der Waals surface area (Å²) in [4.78, 5) is 10.9. The summed E-state index contributed by atoms with van der Waals surface area (Å²) >= 11 is 0. The minimum atomic E-state index is -0.571. The third kappa shape index (κ3) is 5.16. The molecule has 26 heavy (non-hydrogen) atoms. The van der Waals surface area contributed by atoms with Crippen molar-refractivity contribution in [2.45, 2.75) is 45.0 Å². The number of aliphatic hydroxyl groups excluding tert-OH is 1. The van der Waals surface area contributed by atoms with E-state index in [9.17, 15) is 5.11 Å². The van der Waals surface area contributed by atoms with Gasteiger partial charge in [0.25, 0.3) is 0 Å². The molecule has 6 nitrogen and oxygen atoms in total. The molecule has 1 unspecified atom stereocenters. The normalized spacial score (nSPS) is 16.7. The molecule has 0 aliphatic carbocycles. The smallest absolute Gasteiger partial charge is 0.134 e. The molecule has 1 saturated heterocycles. The van der Waals surface area contributed by atoms with E-state index in [1.54, 1.807) is 6.33 Å². The van der Waals surface area contributed by atoms with Crippen LogP contribution in [0.15, 0.2) is 42.7 Å². The van der Waals surface area contributed by atoms with Gasteiger partial charge in [0.15, 0.2) is 0 Å². The topological polar surface area (TPSA) is 70.5 Å². The number of anilines is 2. The lowest BCUT2D eigenvalue weighted by molar-refractivity contribution is -0.00484. The molecule has 1 atom stereocenters. The summed E-state index contributed by atoms with van der Waals surface area (Å²) in [6.45, 7) is 6.43. The number of benzene rings is 1. The Kier molecular flexibility index (Phi) is 6.41. The van der Waals surface area contributed by atoms with Crippen LogP contribution in [0.25, 0.3) is 0 Å². The Labute approximate surface area is 155 Å². The van der Waals surface area contributed by atoms with Crippen molar-refractivity contribution >= 4 is 11.6 Å². The van der Waals surface area contributed by atoms with Gasteiger partial charge in [0.2, 0.25) is 0 Å². The van der Waals surface area contributed by atoms with Gasteiger partial charge < -0.3 is 20.1 Å². The highest BCUT2D eigenvalue weighted by Crippen LogP contribution is 2.22. The number of piperidine rings is 1. The summed E-state index contributed by atoms with van der Waals surface area (Å²) in [5.74, 6) is 1.64. The predicted octanol–water partition coefficient (Wildman–Crippen LogP) is 3.02. The fraction of sp³-hybridized carbons (Fsp3) is 0.500. The van der Waals surface area contributed by atoms with Crippen LogP contribution in [0.2, 0.25) is 0 Å². The van der Waals surface area contributed by atoms with E-state index in [2.05, 4.69) is 34.0 Å². The highest BCUT2D eigenvalue weighted by atomic mass is 16.5. The first-order valence-corrected chi connectivity index (χ1v) is 9.31. The summed E-state index contributed by atoms with van der Waals surface area (Å²) in [7, 11) is 0. The third-order valence-corrected chi connectivity index (χ3v) is 4.54. The van der Waals surface area contributed by atoms with Gasteiger partial charge in [-0.05, 0) is 32.3 Å². The summed E-state index contributed by atoms with van der Waals surface area (Å²) in [5, 5.41) is 13.5. The Hall–Kier alpha value is -2.18. The molecule has 0 amide bonds. The molecule has 3 rings (SSSR count). The Morgan fingerprint density at radius 3 is 2.62 bits per heavy atom. The van der Waals surface area contributed by atoms with Crippen LogP contribution < -0.4 is 10.2 Å². The molecular formula is C20H28N4O2. The average molecular weight is 356 g/mol. The number of rotatable bonds is 7. The van der Waals surface area contributed by atoms with E-state index in [1.807, 2.05) is 36.4 Å². The number of hydrogen-bond acceptors (Lipinski definition) is 6. The van der Waals surface area contributed by atoms with E-state index >= 15 is 0 Å². The van der Waals surface area contributed by atoms with Gasteiger partial charge in [-0.2, -0.15) is 0 Å². The first kappa shape index (κ1) is 18.6. The van der Waals surface area contributed by atoms with Gasteiger partial charge in [0.05, 0.1) is 18.3 Å². The molecule has 1 aliphatic rings. The maximum absolute atomic E-state index is 10.3.